The summed E-state index contributed by atoms with van der Waals surface area (Å²) in [5, 5.41) is 2.98. The maximum atomic E-state index is 11.4. The third kappa shape index (κ3) is 4.62. The fraction of sp³-hybridized carbons (Fsp3) is 0.909. The smallest absolute Gasteiger partial charge is 0.220 e. The first kappa shape index (κ1) is 12.5. The first-order chi connectivity index (χ1) is 7.22. The van der Waals surface area contributed by atoms with Gasteiger partial charge >= 0.3 is 0 Å². The van der Waals surface area contributed by atoms with Crippen molar-refractivity contribution in [3.05, 3.63) is 0 Å². The third-order valence-corrected chi connectivity index (χ3v) is 3.04. The Hall–Kier alpha value is -0.610. The zero-order chi connectivity index (χ0) is 11.1. The van der Waals surface area contributed by atoms with Gasteiger partial charge in [-0.15, -0.1) is 0 Å². The van der Waals surface area contributed by atoms with Crippen LogP contribution in [0, 0.1) is 5.41 Å². The van der Waals surface area contributed by atoms with E-state index < -0.39 is 0 Å². The molecule has 15 heavy (non-hydrogen) atoms. The molecule has 1 aliphatic carbocycles. The number of amides is 1. The van der Waals surface area contributed by atoms with Crippen LogP contribution in [0.15, 0.2) is 0 Å². The van der Waals surface area contributed by atoms with Crippen molar-refractivity contribution in [3.8, 4) is 0 Å². The predicted molar refractivity (Wildman–Crippen MR) is 59.5 cm³/mol. The van der Waals surface area contributed by atoms with Gasteiger partial charge in [0.2, 0.25) is 5.91 Å². The van der Waals surface area contributed by atoms with Crippen LogP contribution in [0.1, 0.15) is 32.1 Å². The number of carbonyl (C=O) groups excluding carboxylic acids is 1. The molecule has 4 nitrogen and oxygen atoms in total. The monoisotopic (exact) mass is 214 g/mol. The molecule has 3 N–H and O–H groups in total. The molecule has 1 amide bonds. The zero-order valence-electron chi connectivity index (χ0n) is 9.55. The van der Waals surface area contributed by atoms with Crippen molar-refractivity contribution >= 4 is 5.91 Å². The molecule has 0 saturated heterocycles. The lowest BCUT2D eigenvalue weighted by Gasteiger charge is -2.14. The molecular formula is C11H22N2O2. The average molecular weight is 214 g/mol. The van der Waals surface area contributed by atoms with E-state index in [2.05, 4.69) is 5.32 Å². The minimum absolute atomic E-state index is 0.135. The van der Waals surface area contributed by atoms with Crippen LogP contribution in [0.4, 0.5) is 0 Å². The van der Waals surface area contributed by atoms with Gasteiger partial charge < -0.3 is 15.8 Å². The first-order valence-corrected chi connectivity index (χ1v) is 5.68. The molecule has 0 radical (unpaired) electrons. The van der Waals surface area contributed by atoms with Gasteiger partial charge in [0.05, 0.1) is 0 Å². The molecular weight excluding hydrogens is 192 g/mol. The molecule has 1 saturated carbocycles. The largest absolute Gasteiger partial charge is 0.385 e. The Bertz CT molecular complexity index is 203. The van der Waals surface area contributed by atoms with Crippen LogP contribution in [0.2, 0.25) is 0 Å². The van der Waals surface area contributed by atoms with Crippen molar-refractivity contribution in [2.45, 2.75) is 32.1 Å². The van der Waals surface area contributed by atoms with Crippen molar-refractivity contribution in [2.75, 3.05) is 26.8 Å². The molecule has 0 heterocycles. The van der Waals surface area contributed by atoms with E-state index in [4.69, 9.17) is 10.5 Å². The SMILES string of the molecule is COCCCC(=O)NCC1(CCN)CC1. The molecule has 1 rings (SSSR count). The summed E-state index contributed by atoms with van der Waals surface area (Å²) in [6.07, 6.45) is 4.81. The van der Waals surface area contributed by atoms with Gasteiger partial charge in [-0.25, -0.2) is 0 Å². The van der Waals surface area contributed by atoms with Crippen molar-refractivity contribution in [1.29, 1.82) is 0 Å². The van der Waals surface area contributed by atoms with E-state index in [-0.39, 0.29) is 5.91 Å². The van der Waals surface area contributed by atoms with Gasteiger partial charge in [0.25, 0.3) is 0 Å². The number of rotatable bonds is 8. The van der Waals surface area contributed by atoms with Gasteiger partial charge in [-0.1, -0.05) is 0 Å². The number of hydrogen-bond donors (Lipinski definition) is 2. The second kappa shape index (κ2) is 6.08. The molecule has 0 aromatic rings. The molecule has 88 valence electrons. The lowest BCUT2D eigenvalue weighted by molar-refractivity contribution is -0.121. The lowest BCUT2D eigenvalue weighted by atomic mass is 10.0. The fourth-order valence-corrected chi connectivity index (χ4v) is 1.75. The van der Waals surface area contributed by atoms with Gasteiger partial charge in [-0.3, -0.25) is 4.79 Å². The van der Waals surface area contributed by atoms with Gasteiger partial charge in [0.15, 0.2) is 0 Å². The standard InChI is InChI=1S/C11H22N2O2/c1-15-8-2-3-10(14)13-9-11(4-5-11)6-7-12/h2-9,12H2,1H3,(H,13,14). The van der Waals surface area contributed by atoms with Gasteiger partial charge in [0, 0.05) is 26.7 Å². The molecule has 0 spiro atoms. The van der Waals surface area contributed by atoms with Crippen molar-refractivity contribution in [3.63, 3.8) is 0 Å². The molecule has 0 unspecified atom stereocenters. The number of carbonyl (C=O) groups is 1. The highest BCUT2D eigenvalue weighted by molar-refractivity contribution is 5.75. The van der Waals surface area contributed by atoms with Gasteiger partial charge in [-0.05, 0) is 37.6 Å². The highest BCUT2D eigenvalue weighted by atomic mass is 16.5. The molecule has 0 bridgehead atoms. The maximum Gasteiger partial charge on any atom is 0.220 e. The number of ether oxygens (including phenoxy) is 1. The number of nitrogens with two attached hydrogens (primary N) is 1. The lowest BCUT2D eigenvalue weighted by Crippen LogP contribution is -2.31. The zero-order valence-corrected chi connectivity index (χ0v) is 9.55. The van der Waals surface area contributed by atoms with E-state index >= 15 is 0 Å². The summed E-state index contributed by atoms with van der Waals surface area (Å²) in [6.45, 7) is 2.18. The molecule has 4 heteroatoms. The van der Waals surface area contributed by atoms with Crippen molar-refractivity contribution in [2.24, 2.45) is 11.1 Å². The Labute approximate surface area is 91.5 Å². The molecule has 0 aromatic carbocycles. The third-order valence-electron chi connectivity index (χ3n) is 3.04. The summed E-state index contributed by atoms with van der Waals surface area (Å²) in [5.74, 6) is 0.135. The Morgan fingerprint density at radius 3 is 2.80 bits per heavy atom. The molecule has 1 fully saturated rings. The number of hydrogen-bond acceptors (Lipinski definition) is 3. The van der Waals surface area contributed by atoms with Gasteiger partial charge in [-0.2, -0.15) is 0 Å². The minimum Gasteiger partial charge on any atom is -0.385 e. The summed E-state index contributed by atoms with van der Waals surface area (Å²) in [5.41, 5.74) is 5.87. The summed E-state index contributed by atoms with van der Waals surface area (Å²) in [4.78, 5) is 11.4. The van der Waals surface area contributed by atoms with Crippen LogP contribution < -0.4 is 11.1 Å². The van der Waals surface area contributed by atoms with E-state index in [0.29, 0.717) is 18.4 Å². The summed E-state index contributed by atoms with van der Waals surface area (Å²) < 4.78 is 4.89. The average Bonchev–Trinajstić information content (AvgIpc) is 2.97. The second-order valence-corrected chi connectivity index (χ2v) is 4.41. The second-order valence-electron chi connectivity index (χ2n) is 4.41. The van der Waals surface area contributed by atoms with Crippen LogP contribution in [0.25, 0.3) is 0 Å². The fourth-order valence-electron chi connectivity index (χ4n) is 1.75. The van der Waals surface area contributed by atoms with Crippen LogP contribution >= 0.6 is 0 Å². The summed E-state index contributed by atoms with van der Waals surface area (Å²) in [7, 11) is 1.65. The van der Waals surface area contributed by atoms with Crippen LogP contribution in [0.5, 0.6) is 0 Å². The molecule has 0 aliphatic heterocycles. The van der Waals surface area contributed by atoms with Gasteiger partial charge in [0.1, 0.15) is 0 Å². The Morgan fingerprint density at radius 1 is 1.53 bits per heavy atom. The van der Waals surface area contributed by atoms with E-state index in [1.54, 1.807) is 7.11 Å². The van der Waals surface area contributed by atoms with Crippen molar-refractivity contribution < 1.29 is 9.53 Å². The molecule has 0 aromatic heterocycles. The van der Waals surface area contributed by atoms with Crippen LogP contribution in [-0.2, 0) is 9.53 Å². The maximum absolute atomic E-state index is 11.4. The Kier molecular flexibility index (Phi) is 5.05. The highest BCUT2D eigenvalue weighted by Gasteiger charge is 2.41. The Balaban J connectivity index is 2.06. The molecule has 1 aliphatic rings. The van der Waals surface area contributed by atoms with Crippen LogP contribution in [0.3, 0.4) is 0 Å². The summed E-state index contributed by atoms with van der Waals surface area (Å²) >= 11 is 0. The minimum atomic E-state index is 0.135. The quantitative estimate of drug-likeness (QED) is 0.583. The highest BCUT2D eigenvalue weighted by Crippen LogP contribution is 2.47. The number of nitrogens with one attached hydrogen (secondary N) is 1. The predicted octanol–water partition coefficient (Wildman–Crippen LogP) is 0.658. The topological polar surface area (TPSA) is 64.3 Å². The Morgan fingerprint density at radius 2 is 2.27 bits per heavy atom. The number of methoxy groups -OCH3 is 1. The van der Waals surface area contributed by atoms with E-state index in [1.165, 1.54) is 12.8 Å². The normalized spacial score (nSPS) is 17.5. The van der Waals surface area contributed by atoms with E-state index in [9.17, 15) is 4.79 Å². The van der Waals surface area contributed by atoms with E-state index in [1.807, 2.05) is 0 Å². The first-order valence-electron chi connectivity index (χ1n) is 5.68. The van der Waals surface area contributed by atoms with Crippen LogP contribution in [-0.4, -0.2) is 32.7 Å². The molecule has 0 atom stereocenters. The summed E-state index contributed by atoms with van der Waals surface area (Å²) in [6, 6.07) is 0. The van der Waals surface area contributed by atoms with E-state index in [0.717, 1.165) is 25.9 Å². The van der Waals surface area contributed by atoms with Crippen molar-refractivity contribution in [1.82, 2.24) is 5.32 Å².